The lowest BCUT2D eigenvalue weighted by molar-refractivity contribution is 0.361. The fourth-order valence-electron chi connectivity index (χ4n) is 0.585. The first-order valence-corrected chi connectivity index (χ1v) is 3.06. The molecule has 0 N–H and O–H groups in total. The average Bonchev–Trinajstić information content (AvgIpc) is 2.08. The Bertz CT molecular complexity index is 230. The standard InChI is InChI=1S/C6HF5S/c7-1-2(8)4(10)6(12)5(11)3(1)9/h12H/p-1. The summed E-state index contributed by atoms with van der Waals surface area (Å²) in [5, 5.41) is 0. The van der Waals surface area contributed by atoms with E-state index in [2.05, 4.69) is 12.6 Å². The number of rotatable bonds is 0. The monoisotopic (exact) mass is 199 g/mol. The highest BCUT2D eigenvalue weighted by atomic mass is 32.1. The predicted molar refractivity (Wildman–Crippen MR) is 31.9 cm³/mol. The van der Waals surface area contributed by atoms with E-state index in [1.807, 2.05) is 0 Å². The van der Waals surface area contributed by atoms with Gasteiger partial charge in [-0.05, 0) is 0 Å². The van der Waals surface area contributed by atoms with Crippen LogP contribution in [0.25, 0.3) is 0 Å². The smallest absolute Gasteiger partial charge is 0.200 e. The van der Waals surface area contributed by atoms with Gasteiger partial charge in [-0.1, -0.05) is 4.90 Å². The lowest BCUT2D eigenvalue weighted by Crippen LogP contribution is -2.02. The van der Waals surface area contributed by atoms with Gasteiger partial charge in [-0.3, -0.25) is 0 Å². The minimum atomic E-state index is -2.20. The summed E-state index contributed by atoms with van der Waals surface area (Å²) < 4.78 is 61.2. The van der Waals surface area contributed by atoms with Crippen molar-refractivity contribution in [3.63, 3.8) is 0 Å². The van der Waals surface area contributed by atoms with Crippen LogP contribution < -0.4 is 0 Å². The minimum Gasteiger partial charge on any atom is -0.774 e. The lowest BCUT2D eigenvalue weighted by Gasteiger charge is -2.10. The van der Waals surface area contributed by atoms with Crippen LogP contribution in [-0.4, -0.2) is 0 Å². The number of hydrogen-bond acceptors (Lipinski definition) is 1. The summed E-state index contributed by atoms with van der Waals surface area (Å²) in [6, 6.07) is 0. The van der Waals surface area contributed by atoms with Crippen LogP contribution in [0.5, 0.6) is 0 Å². The molecule has 0 amide bonds. The van der Waals surface area contributed by atoms with Gasteiger partial charge in [0.05, 0.1) is 0 Å². The molecular weight excluding hydrogens is 199 g/mol. The van der Waals surface area contributed by atoms with Crippen LogP contribution >= 0.6 is 0 Å². The Morgan fingerprint density at radius 2 is 0.833 bits per heavy atom. The van der Waals surface area contributed by atoms with E-state index in [1.54, 1.807) is 0 Å². The van der Waals surface area contributed by atoms with Gasteiger partial charge in [0.15, 0.2) is 17.5 Å². The molecule has 0 nitrogen and oxygen atoms in total. The zero-order valence-electron chi connectivity index (χ0n) is 5.30. The molecule has 0 bridgehead atoms. The molecule has 0 aliphatic heterocycles. The highest BCUT2D eigenvalue weighted by Crippen LogP contribution is 2.21. The Morgan fingerprint density at radius 3 is 1.17 bits per heavy atom. The summed E-state index contributed by atoms with van der Waals surface area (Å²) in [7, 11) is 0. The third-order valence-electron chi connectivity index (χ3n) is 1.17. The molecule has 0 unspecified atom stereocenters. The molecule has 0 heterocycles. The first-order valence-electron chi connectivity index (χ1n) is 2.65. The van der Waals surface area contributed by atoms with Gasteiger partial charge in [0.2, 0.25) is 0 Å². The fourth-order valence-corrected chi connectivity index (χ4v) is 0.764. The maximum atomic E-state index is 12.3. The van der Waals surface area contributed by atoms with Gasteiger partial charge in [-0.2, -0.15) is 0 Å². The van der Waals surface area contributed by atoms with Crippen LogP contribution in [0.4, 0.5) is 22.0 Å². The van der Waals surface area contributed by atoms with E-state index in [1.165, 1.54) is 0 Å². The topological polar surface area (TPSA) is 0 Å². The number of halogens is 5. The molecular formula is C6F5S-. The molecule has 1 aromatic rings. The van der Waals surface area contributed by atoms with E-state index >= 15 is 0 Å². The molecule has 0 atom stereocenters. The molecule has 0 spiro atoms. The molecule has 0 saturated carbocycles. The van der Waals surface area contributed by atoms with Gasteiger partial charge in [0.1, 0.15) is 11.6 Å². The molecule has 0 saturated heterocycles. The number of hydrogen-bond donors (Lipinski definition) is 0. The molecule has 6 heteroatoms. The summed E-state index contributed by atoms with van der Waals surface area (Å²) in [6.45, 7) is 0. The Balaban J connectivity index is 3.60. The van der Waals surface area contributed by atoms with Gasteiger partial charge < -0.3 is 12.6 Å². The largest absolute Gasteiger partial charge is 0.774 e. The second-order valence-corrected chi connectivity index (χ2v) is 2.31. The van der Waals surface area contributed by atoms with E-state index in [4.69, 9.17) is 0 Å². The summed E-state index contributed by atoms with van der Waals surface area (Å²) in [4.78, 5) is -1.29. The molecule has 1 rings (SSSR count). The van der Waals surface area contributed by atoms with Gasteiger partial charge in [-0.15, -0.1) is 0 Å². The third-order valence-corrected chi connectivity index (χ3v) is 1.53. The van der Waals surface area contributed by atoms with Gasteiger partial charge in [0, 0.05) is 0 Å². The minimum absolute atomic E-state index is 1.29. The van der Waals surface area contributed by atoms with Crippen molar-refractivity contribution in [1.82, 2.24) is 0 Å². The Hall–Kier alpha value is -0.910. The average molecular weight is 199 g/mol. The summed E-state index contributed by atoms with van der Waals surface area (Å²) in [5.41, 5.74) is 0. The normalized spacial score (nSPS) is 10.4. The maximum Gasteiger partial charge on any atom is 0.200 e. The second kappa shape index (κ2) is 2.85. The van der Waals surface area contributed by atoms with E-state index in [9.17, 15) is 22.0 Å². The van der Waals surface area contributed by atoms with Gasteiger partial charge in [-0.25, -0.2) is 22.0 Å². The van der Waals surface area contributed by atoms with Crippen molar-refractivity contribution < 1.29 is 22.0 Å². The fraction of sp³-hybridized carbons (Fsp3) is 0. The zero-order chi connectivity index (χ0) is 9.46. The Morgan fingerprint density at radius 1 is 0.583 bits per heavy atom. The Labute approximate surface area is 69.4 Å². The van der Waals surface area contributed by atoms with Crippen LogP contribution in [0.15, 0.2) is 4.90 Å². The summed E-state index contributed by atoms with van der Waals surface area (Å²) >= 11 is 3.93. The third kappa shape index (κ3) is 1.12. The van der Waals surface area contributed by atoms with Crippen molar-refractivity contribution in [2.75, 3.05) is 0 Å². The quantitative estimate of drug-likeness (QED) is 0.267. The first-order chi connectivity index (χ1) is 5.46. The van der Waals surface area contributed by atoms with E-state index < -0.39 is 34.0 Å². The van der Waals surface area contributed by atoms with Crippen molar-refractivity contribution >= 4 is 12.6 Å². The van der Waals surface area contributed by atoms with Crippen molar-refractivity contribution in [2.24, 2.45) is 0 Å². The first kappa shape index (κ1) is 9.18. The SMILES string of the molecule is Fc1c(F)c(F)c([S-])c(F)c1F. The van der Waals surface area contributed by atoms with E-state index in [0.717, 1.165) is 0 Å². The number of benzene rings is 1. The van der Waals surface area contributed by atoms with E-state index in [0.29, 0.717) is 0 Å². The van der Waals surface area contributed by atoms with Crippen molar-refractivity contribution in [1.29, 1.82) is 0 Å². The molecule has 0 radical (unpaired) electrons. The molecule has 66 valence electrons. The summed E-state index contributed by atoms with van der Waals surface area (Å²) in [5.74, 6) is -10.2. The van der Waals surface area contributed by atoms with Gasteiger partial charge in [0.25, 0.3) is 0 Å². The van der Waals surface area contributed by atoms with Crippen LogP contribution in [0, 0.1) is 29.1 Å². The molecule has 0 aromatic heterocycles. The molecule has 0 aliphatic rings. The molecule has 0 aliphatic carbocycles. The molecule has 12 heavy (non-hydrogen) atoms. The zero-order valence-corrected chi connectivity index (χ0v) is 6.11. The molecule has 1 aromatic carbocycles. The van der Waals surface area contributed by atoms with Gasteiger partial charge >= 0.3 is 0 Å². The van der Waals surface area contributed by atoms with Crippen molar-refractivity contribution in [3.05, 3.63) is 29.1 Å². The second-order valence-electron chi connectivity index (χ2n) is 1.90. The summed E-state index contributed by atoms with van der Waals surface area (Å²) in [6.07, 6.45) is 0. The lowest BCUT2D eigenvalue weighted by atomic mass is 10.3. The molecule has 0 fully saturated rings. The van der Waals surface area contributed by atoms with E-state index in [-0.39, 0.29) is 0 Å². The van der Waals surface area contributed by atoms with Crippen LogP contribution in [0.1, 0.15) is 0 Å². The highest BCUT2D eigenvalue weighted by Gasteiger charge is 2.19. The van der Waals surface area contributed by atoms with Crippen LogP contribution in [0.3, 0.4) is 0 Å². The van der Waals surface area contributed by atoms with Crippen LogP contribution in [0.2, 0.25) is 0 Å². The Kier molecular flexibility index (Phi) is 2.18. The van der Waals surface area contributed by atoms with Crippen molar-refractivity contribution in [2.45, 2.75) is 4.90 Å². The van der Waals surface area contributed by atoms with Crippen molar-refractivity contribution in [3.8, 4) is 0 Å². The maximum absolute atomic E-state index is 12.3. The predicted octanol–water partition coefficient (Wildman–Crippen LogP) is 2.29. The highest BCUT2D eigenvalue weighted by molar-refractivity contribution is 7.58. The van der Waals surface area contributed by atoms with Crippen LogP contribution in [-0.2, 0) is 12.6 Å².